The second kappa shape index (κ2) is 6.03. The molecule has 0 aliphatic carbocycles. The molecule has 0 N–H and O–H groups in total. The van der Waals surface area contributed by atoms with Crippen molar-refractivity contribution in [2.45, 2.75) is 10.9 Å². The standard InChI is InChI=1S/C16H14FNO4S2/c17-13-6-8-14(9-7-13)18(15-10-11-23(19,20)12-15)24(21,22)16-4-2-1-3-5-16/h1-11,15H,12H2/t15-/m1/s1. The minimum atomic E-state index is -4.01. The van der Waals surface area contributed by atoms with Crippen LogP contribution in [0.15, 0.2) is 71.0 Å². The molecule has 5 nitrogen and oxygen atoms in total. The van der Waals surface area contributed by atoms with E-state index in [0.717, 1.165) is 21.8 Å². The van der Waals surface area contributed by atoms with Gasteiger partial charge >= 0.3 is 0 Å². The molecule has 3 rings (SSSR count). The maximum Gasteiger partial charge on any atom is 0.264 e. The average molecular weight is 367 g/mol. The van der Waals surface area contributed by atoms with Crippen molar-refractivity contribution in [1.82, 2.24) is 0 Å². The topological polar surface area (TPSA) is 71.5 Å². The van der Waals surface area contributed by atoms with Crippen LogP contribution < -0.4 is 4.31 Å². The van der Waals surface area contributed by atoms with Crippen LogP contribution in [0.4, 0.5) is 10.1 Å². The van der Waals surface area contributed by atoms with Gasteiger partial charge in [0.1, 0.15) is 5.82 Å². The molecule has 0 saturated carbocycles. The summed E-state index contributed by atoms with van der Waals surface area (Å²) in [7, 11) is -7.47. The quantitative estimate of drug-likeness (QED) is 0.832. The van der Waals surface area contributed by atoms with E-state index in [1.165, 1.54) is 30.3 Å². The Morgan fingerprint density at radius 2 is 1.62 bits per heavy atom. The Morgan fingerprint density at radius 1 is 1.00 bits per heavy atom. The van der Waals surface area contributed by atoms with Crippen molar-refractivity contribution in [3.8, 4) is 0 Å². The van der Waals surface area contributed by atoms with E-state index in [1.807, 2.05) is 0 Å². The largest absolute Gasteiger partial charge is 0.264 e. The molecule has 0 spiro atoms. The van der Waals surface area contributed by atoms with Crippen LogP contribution in [0.3, 0.4) is 0 Å². The van der Waals surface area contributed by atoms with Crippen molar-refractivity contribution in [2.75, 3.05) is 10.1 Å². The lowest BCUT2D eigenvalue weighted by Gasteiger charge is -2.29. The van der Waals surface area contributed by atoms with Gasteiger partial charge in [0.2, 0.25) is 0 Å². The first-order valence-corrected chi connectivity index (χ1v) is 10.2. The Morgan fingerprint density at radius 3 is 2.17 bits per heavy atom. The van der Waals surface area contributed by atoms with Gasteiger partial charge in [-0.05, 0) is 42.5 Å². The first-order valence-electron chi connectivity index (χ1n) is 7.06. The summed E-state index contributed by atoms with van der Waals surface area (Å²) in [6, 6.07) is 11.7. The van der Waals surface area contributed by atoms with Crippen molar-refractivity contribution in [1.29, 1.82) is 0 Å². The van der Waals surface area contributed by atoms with Gasteiger partial charge in [0.25, 0.3) is 10.0 Å². The molecule has 2 aromatic carbocycles. The summed E-state index contributed by atoms with van der Waals surface area (Å²) in [5.41, 5.74) is 0.201. The van der Waals surface area contributed by atoms with Gasteiger partial charge in [-0.3, -0.25) is 4.31 Å². The van der Waals surface area contributed by atoms with E-state index in [9.17, 15) is 21.2 Å². The molecule has 1 heterocycles. The lowest BCUT2D eigenvalue weighted by molar-refractivity contribution is 0.586. The molecule has 0 bridgehead atoms. The fourth-order valence-corrected chi connectivity index (χ4v) is 5.50. The van der Waals surface area contributed by atoms with Gasteiger partial charge in [-0.25, -0.2) is 21.2 Å². The van der Waals surface area contributed by atoms with Gasteiger partial charge in [-0.15, -0.1) is 0 Å². The number of sulfone groups is 1. The minimum Gasteiger partial charge on any atom is -0.258 e. The molecule has 0 radical (unpaired) electrons. The third-order valence-corrected chi connectivity index (χ3v) is 6.84. The molecule has 24 heavy (non-hydrogen) atoms. The Balaban J connectivity index is 2.12. The van der Waals surface area contributed by atoms with Crippen molar-refractivity contribution in [2.24, 2.45) is 0 Å². The molecule has 0 amide bonds. The van der Waals surface area contributed by atoms with Crippen LogP contribution in [0.1, 0.15) is 0 Å². The van der Waals surface area contributed by atoms with Crippen LogP contribution in [0.2, 0.25) is 0 Å². The van der Waals surface area contributed by atoms with E-state index in [-0.39, 0.29) is 16.3 Å². The second-order valence-electron chi connectivity index (χ2n) is 5.32. The van der Waals surface area contributed by atoms with Crippen LogP contribution in [0.25, 0.3) is 0 Å². The molecule has 126 valence electrons. The number of nitrogens with zero attached hydrogens (tertiary/aromatic N) is 1. The zero-order chi connectivity index (χ0) is 17.4. The minimum absolute atomic E-state index is 0.0343. The third kappa shape index (κ3) is 3.20. The molecule has 8 heteroatoms. The number of sulfonamides is 1. The van der Waals surface area contributed by atoms with Crippen LogP contribution in [-0.4, -0.2) is 28.6 Å². The molecule has 0 aromatic heterocycles. The highest BCUT2D eigenvalue weighted by Gasteiger charge is 2.35. The first-order chi connectivity index (χ1) is 11.3. The number of benzene rings is 2. The Hall–Kier alpha value is -2.19. The Bertz CT molecular complexity index is 968. The molecule has 0 saturated heterocycles. The van der Waals surface area contributed by atoms with Gasteiger partial charge in [-0.1, -0.05) is 18.2 Å². The average Bonchev–Trinajstić information content (AvgIpc) is 2.90. The second-order valence-corrected chi connectivity index (χ2v) is 9.06. The van der Waals surface area contributed by atoms with Crippen molar-refractivity contribution < 1.29 is 21.2 Å². The number of hydrogen-bond acceptors (Lipinski definition) is 4. The first kappa shape index (κ1) is 16.7. The highest BCUT2D eigenvalue weighted by Crippen LogP contribution is 2.29. The van der Waals surface area contributed by atoms with Crippen LogP contribution in [-0.2, 0) is 19.9 Å². The summed E-state index contributed by atoms with van der Waals surface area (Å²) in [5, 5.41) is 1.01. The number of halogens is 1. The fraction of sp³-hybridized carbons (Fsp3) is 0.125. The van der Waals surface area contributed by atoms with Gasteiger partial charge in [0, 0.05) is 5.41 Å². The van der Waals surface area contributed by atoms with Crippen molar-refractivity contribution in [3.63, 3.8) is 0 Å². The Labute approximate surface area is 140 Å². The van der Waals surface area contributed by atoms with Crippen LogP contribution >= 0.6 is 0 Å². The fourth-order valence-electron chi connectivity index (χ4n) is 2.51. The summed E-state index contributed by atoms with van der Waals surface area (Å²) in [6.45, 7) is 0. The molecular formula is C16H14FNO4S2. The molecule has 0 unspecified atom stereocenters. The van der Waals surface area contributed by atoms with Gasteiger partial charge in [0.05, 0.1) is 22.4 Å². The van der Waals surface area contributed by atoms with Crippen molar-refractivity contribution in [3.05, 3.63) is 71.9 Å². The van der Waals surface area contributed by atoms with Gasteiger partial charge < -0.3 is 0 Å². The molecule has 0 fully saturated rings. The maximum absolute atomic E-state index is 13.2. The lowest BCUT2D eigenvalue weighted by atomic mass is 10.2. The smallest absolute Gasteiger partial charge is 0.258 e. The molecule has 1 atom stereocenters. The summed E-state index contributed by atoms with van der Waals surface area (Å²) in [5.74, 6) is -0.860. The Kier molecular flexibility index (Phi) is 4.18. The predicted octanol–water partition coefficient (Wildman–Crippen LogP) is 2.33. The number of hydrogen-bond donors (Lipinski definition) is 0. The third-order valence-electron chi connectivity index (χ3n) is 3.59. The SMILES string of the molecule is O=S1(=O)C=C[C@@H](N(c2ccc(F)cc2)S(=O)(=O)c2ccccc2)C1. The van der Waals surface area contributed by atoms with E-state index in [2.05, 4.69) is 0 Å². The lowest BCUT2D eigenvalue weighted by Crippen LogP contribution is -2.41. The summed E-state index contributed by atoms with van der Waals surface area (Å²) < 4.78 is 63.7. The monoisotopic (exact) mass is 367 g/mol. The molecule has 2 aromatic rings. The zero-order valence-corrected chi connectivity index (χ0v) is 14.0. The van der Waals surface area contributed by atoms with Gasteiger partial charge in [0.15, 0.2) is 9.84 Å². The predicted molar refractivity (Wildman–Crippen MR) is 89.2 cm³/mol. The summed E-state index contributed by atoms with van der Waals surface area (Å²) in [6.07, 6.45) is 1.33. The zero-order valence-electron chi connectivity index (χ0n) is 12.4. The van der Waals surface area contributed by atoms with Crippen LogP contribution in [0, 0.1) is 5.82 Å². The van der Waals surface area contributed by atoms with Crippen molar-refractivity contribution >= 4 is 25.5 Å². The summed E-state index contributed by atoms with van der Waals surface area (Å²) in [4.78, 5) is 0.0343. The van der Waals surface area contributed by atoms with Crippen LogP contribution in [0.5, 0.6) is 0 Å². The highest BCUT2D eigenvalue weighted by molar-refractivity contribution is 7.95. The molecule has 1 aliphatic heterocycles. The summed E-state index contributed by atoms with van der Waals surface area (Å²) >= 11 is 0. The molecule has 1 aliphatic rings. The van der Waals surface area contributed by atoms with E-state index in [4.69, 9.17) is 0 Å². The van der Waals surface area contributed by atoms with Gasteiger partial charge in [-0.2, -0.15) is 0 Å². The molecular weight excluding hydrogens is 353 g/mol. The van der Waals surface area contributed by atoms with E-state index < -0.39 is 31.7 Å². The van der Waals surface area contributed by atoms with E-state index in [1.54, 1.807) is 18.2 Å². The number of anilines is 1. The van der Waals surface area contributed by atoms with E-state index >= 15 is 0 Å². The highest BCUT2D eigenvalue weighted by atomic mass is 32.2. The normalized spacial score (nSPS) is 19.3. The van der Waals surface area contributed by atoms with E-state index in [0.29, 0.717) is 0 Å². The maximum atomic E-state index is 13.2. The number of rotatable bonds is 4.